The van der Waals surface area contributed by atoms with E-state index in [1.165, 1.54) is 18.3 Å². The van der Waals surface area contributed by atoms with Crippen molar-refractivity contribution in [2.75, 3.05) is 0 Å². The van der Waals surface area contributed by atoms with E-state index in [0.29, 0.717) is 0 Å². The monoisotopic (exact) mass is 257 g/mol. The fourth-order valence-electron chi connectivity index (χ4n) is 1.29. The van der Waals surface area contributed by atoms with E-state index in [-0.39, 0.29) is 11.3 Å². The topological polar surface area (TPSA) is 67.9 Å². The van der Waals surface area contributed by atoms with Gasteiger partial charge in [-0.25, -0.2) is 0 Å². The summed E-state index contributed by atoms with van der Waals surface area (Å²) in [4.78, 5) is 11.8. The Hall–Kier alpha value is -2.38. The number of ketones is 1. The van der Waals surface area contributed by atoms with Crippen LogP contribution in [0.25, 0.3) is 0 Å². The summed E-state index contributed by atoms with van der Waals surface area (Å²) in [5, 5.41) is 9.23. The highest BCUT2D eigenvalue weighted by molar-refractivity contribution is 6.07. The highest BCUT2D eigenvalue weighted by atomic mass is 19.4. The largest absolute Gasteiger partial charge is 0.573 e. The van der Waals surface area contributed by atoms with Crippen LogP contribution in [0.5, 0.6) is 5.75 Å². The maximum atomic E-state index is 12.0. The number of halogens is 3. The quantitative estimate of drug-likeness (QED) is 0.853. The van der Waals surface area contributed by atoms with Crippen molar-refractivity contribution >= 4 is 5.78 Å². The lowest BCUT2D eigenvalue weighted by atomic mass is 10.1. The average Bonchev–Trinajstić information content (AvgIpc) is 2.79. The maximum absolute atomic E-state index is 12.0. The first kappa shape index (κ1) is 12.1. The lowest BCUT2D eigenvalue weighted by Crippen LogP contribution is -2.17. The molecule has 0 aliphatic heterocycles. The van der Waals surface area contributed by atoms with Crippen molar-refractivity contribution in [1.29, 1.82) is 0 Å². The smallest absolute Gasteiger partial charge is 0.406 e. The van der Waals surface area contributed by atoms with E-state index in [9.17, 15) is 18.0 Å². The summed E-state index contributed by atoms with van der Waals surface area (Å²) in [6.45, 7) is 0. The molecule has 0 saturated carbocycles. The highest BCUT2D eigenvalue weighted by Crippen LogP contribution is 2.23. The lowest BCUT2D eigenvalue weighted by molar-refractivity contribution is -0.274. The van der Waals surface area contributed by atoms with Gasteiger partial charge in [0.15, 0.2) is 5.69 Å². The summed E-state index contributed by atoms with van der Waals surface area (Å²) in [7, 11) is 0. The number of nitrogens with zero attached hydrogens (tertiary/aromatic N) is 2. The van der Waals surface area contributed by atoms with Crippen LogP contribution in [-0.4, -0.2) is 27.6 Å². The molecule has 0 saturated heterocycles. The van der Waals surface area contributed by atoms with Crippen LogP contribution in [0.3, 0.4) is 0 Å². The Balaban J connectivity index is 2.25. The first-order chi connectivity index (χ1) is 8.46. The van der Waals surface area contributed by atoms with Crippen molar-refractivity contribution in [2.24, 2.45) is 0 Å². The Morgan fingerprint density at radius 3 is 2.72 bits per heavy atom. The number of alkyl halides is 3. The zero-order chi connectivity index (χ0) is 13.2. The first-order valence-corrected chi connectivity index (χ1v) is 4.72. The molecule has 94 valence electrons. The van der Waals surface area contributed by atoms with Gasteiger partial charge in [0, 0.05) is 5.56 Å². The van der Waals surface area contributed by atoms with E-state index in [1.54, 1.807) is 0 Å². The Labute approximate surface area is 98.6 Å². The molecule has 2 aromatic rings. The Kier molecular flexibility index (Phi) is 3.00. The summed E-state index contributed by atoms with van der Waals surface area (Å²) < 4.78 is 39.8. The molecule has 0 unspecified atom stereocenters. The van der Waals surface area contributed by atoms with Crippen molar-refractivity contribution < 1.29 is 22.7 Å². The molecule has 18 heavy (non-hydrogen) atoms. The van der Waals surface area contributed by atoms with Crippen LogP contribution >= 0.6 is 0 Å². The molecular weight excluding hydrogens is 251 g/mol. The molecule has 1 aromatic heterocycles. The van der Waals surface area contributed by atoms with Gasteiger partial charge in [-0.2, -0.15) is 15.4 Å². The van der Waals surface area contributed by atoms with Crippen LogP contribution in [0.4, 0.5) is 13.2 Å². The highest BCUT2D eigenvalue weighted by Gasteiger charge is 2.31. The van der Waals surface area contributed by atoms with Gasteiger partial charge in [0.05, 0.1) is 6.20 Å². The average molecular weight is 257 g/mol. The van der Waals surface area contributed by atoms with Crippen LogP contribution in [0, 0.1) is 0 Å². The zero-order valence-corrected chi connectivity index (χ0v) is 8.73. The van der Waals surface area contributed by atoms with Crippen molar-refractivity contribution in [3.05, 3.63) is 41.7 Å². The van der Waals surface area contributed by atoms with Gasteiger partial charge in [0.2, 0.25) is 5.78 Å². The number of hydrogen-bond donors (Lipinski definition) is 1. The molecule has 0 spiro atoms. The van der Waals surface area contributed by atoms with E-state index < -0.39 is 17.9 Å². The number of benzene rings is 1. The van der Waals surface area contributed by atoms with E-state index in [1.807, 2.05) is 0 Å². The fourth-order valence-corrected chi connectivity index (χ4v) is 1.29. The van der Waals surface area contributed by atoms with Crippen molar-refractivity contribution in [3.8, 4) is 5.75 Å². The summed E-state index contributed by atoms with van der Waals surface area (Å²) in [6, 6.07) is 4.74. The van der Waals surface area contributed by atoms with Crippen LogP contribution in [-0.2, 0) is 0 Å². The van der Waals surface area contributed by atoms with E-state index >= 15 is 0 Å². The van der Waals surface area contributed by atoms with Gasteiger partial charge in [-0.05, 0) is 12.1 Å². The van der Waals surface area contributed by atoms with Crippen LogP contribution in [0.1, 0.15) is 16.1 Å². The second kappa shape index (κ2) is 4.47. The minimum Gasteiger partial charge on any atom is -0.406 e. The molecule has 2 rings (SSSR count). The number of ether oxygens (including phenoxy) is 1. The Morgan fingerprint density at radius 1 is 1.33 bits per heavy atom. The number of H-pyrrole nitrogens is 1. The third-order valence-electron chi connectivity index (χ3n) is 1.98. The molecule has 0 bridgehead atoms. The maximum Gasteiger partial charge on any atom is 0.573 e. The normalized spacial score (nSPS) is 11.3. The van der Waals surface area contributed by atoms with Gasteiger partial charge >= 0.3 is 6.36 Å². The standard InChI is InChI=1S/C10H6F3N3O2/c11-10(12,13)18-7-3-1-2-6(4-7)9(17)8-5-14-16-15-8/h1-5H,(H,14,15,16). The molecule has 8 heteroatoms. The minimum absolute atomic E-state index is 0.0131. The van der Waals surface area contributed by atoms with Gasteiger partial charge in [0.25, 0.3) is 0 Å². The third-order valence-corrected chi connectivity index (χ3v) is 1.98. The predicted octanol–water partition coefficient (Wildman–Crippen LogP) is 1.93. The third kappa shape index (κ3) is 2.84. The van der Waals surface area contributed by atoms with E-state index in [4.69, 9.17) is 0 Å². The van der Waals surface area contributed by atoms with Gasteiger partial charge in [-0.1, -0.05) is 12.1 Å². The van der Waals surface area contributed by atoms with Gasteiger partial charge in [-0.3, -0.25) is 4.79 Å². The summed E-state index contributed by atoms with van der Waals surface area (Å²) in [6.07, 6.45) is -3.62. The van der Waals surface area contributed by atoms with Gasteiger partial charge in [0.1, 0.15) is 5.75 Å². The predicted molar refractivity (Wildman–Crippen MR) is 52.9 cm³/mol. The molecular formula is C10H6F3N3O2. The Bertz CT molecular complexity index is 552. The molecule has 1 N–H and O–H groups in total. The number of carbonyl (C=O) groups is 1. The van der Waals surface area contributed by atoms with E-state index in [0.717, 1.165) is 12.1 Å². The molecule has 1 aromatic carbocycles. The number of nitrogens with one attached hydrogen (secondary N) is 1. The minimum atomic E-state index is -4.80. The second-order valence-corrected chi connectivity index (χ2v) is 3.26. The number of hydrogen-bond acceptors (Lipinski definition) is 4. The van der Waals surface area contributed by atoms with Crippen molar-refractivity contribution in [2.45, 2.75) is 6.36 Å². The fraction of sp³-hybridized carbons (Fsp3) is 0.100. The molecule has 5 nitrogen and oxygen atoms in total. The Morgan fingerprint density at radius 2 is 2.11 bits per heavy atom. The molecule has 0 radical (unpaired) electrons. The van der Waals surface area contributed by atoms with Crippen LogP contribution < -0.4 is 4.74 Å². The summed E-state index contributed by atoms with van der Waals surface area (Å²) in [5.74, 6) is -1.01. The molecule has 0 amide bonds. The molecule has 0 atom stereocenters. The van der Waals surface area contributed by atoms with Gasteiger partial charge < -0.3 is 4.74 Å². The first-order valence-electron chi connectivity index (χ1n) is 4.72. The number of rotatable bonds is 3. The van der Waals surface area contributed by atoms with E-state index in [2.05, 4.69) is 20.1 Å². The second-order valence-electron chi connectivity index (χ2n) is 3.26. The molecule has 0 fully saturated rings. The molecule has 0 aliphatic rings. The SMILES string of the molecule is O=C(c1cccc(OC(F)(F)F)c1)c1cn[nH]n1. The summed E-state index contributed by atoms with van der Waals surface area (Å²) >= 11 is 0. The lowest BCUT2D eigenvalue weighted by Gasteiger charge is -2.09. The number of carbonyl (C=O) groups excluding carboxylic acids is 1. The van der Waals surface area contributed by atoms with Crippen molar-refractivity contribution in [1.82, 2.24) is 15.4 Å². The number of aromatic nitrogens is 3. The number of aromatic amines is 1. The van der Waals surface area contributed by atoms with Crippen molar-refractivity contribution in [3.63, 3.8) is 0 Å². The molecule has 0 aliphatic carbocycles. The summed E-state index contributed by atoms with van der Waals surface area (Å²) in [5.41, 5.74) is 0.0461. The van der Waals surface area contributed by atoms with Crippen LogP contribution in [0.15, 0.2) is 30.5 Å². The van der Waals surface area contributed by atoms with Crippen LogP contribution in [0.2, 0.25) is 0 Å². The zero-order valence-electron chi connectivity index (χ0n) is 8.73. The molecule has 1 heterocycles. The van der Waals surface area contributed by atoms with Gasteiger partial charge in [-0.15, -0.1) is 13.2 Å².